The van der Waals surface area contributed by atoms with Crippen LogP contribution < -0.4 is 10.6 Å². The molecule has 0 saturated carbocycles. The molecule has 6 heteroatoms. The predicted octanol–water partition coefficient (Wildman–Crippen LogP) is 3.37. The fourth-order valence-electron chi connectivity index (χ4n) is 4.68. The van der Waals surface area contributed by atoms with Crippen LogP contribution in [0.4, 0.5) is 0 Å². The predicted molar refractivity (Wildman–Crippen MR) is 128 cm³/mol. The molecule has 6 nitrogen and oxygen atoms in total. The number of nitrogens with one attached hydrogen (secondary N) is 2. The van der Waals surface area contributed by atoms with Gasteiger partial charge in [-0.2, -0.15) is 0 Å². The van der Waals surface area contributed by atoms with Crippen molar-refractivity contribution in [3.8, 4) is 0 Å². The molecule has 0 radical (unpaired) electrons. The summed E-state index contributed by atoms with van der Waals surface area (Å²) in [7, 11) is 1.72. The van der Waals surface area contributed by atoms with Gasteiger partial charge in [0.05, 0.1) is 6.54 Å². The van der Waals surface area contributed by atoms with Crippen molar-refractivity contribution in [2.45, 2.75) is 71.5 Å². The smallest absolute Gasteiger partial charge is 0.220 e. The van der Waals surface area contributed by atoms with Gasteiger partial charge in [0, 0.05) is 45.7 Å². The van der Waals surface area contributed by atoms with Gasteiger partial charge in [-0.1, -0.05) is 30.7 Å². The minimum absolute atomic E-state index is 0.150. The maximum atomic E-state index is 11.6. The lowest BCUT2D eigenvalue weighted by molar-refractivity contribution is -0.121. The number of piperidine rings is 2. The molecule has 1 unspecified atom stereocenters. The molecule has 1 aromatic rings. The summed E-state index contributed by atoms with van der Waals surface area (Å²) in [6.07, 6.45) is 6.74. The van der Waals surface area contributed by atoms with Crippen LogP contribution in [0.5, 0.6) is 0 Å². The average Bonchev–Trinajstić information content (AvgIpc) is 2.79. The van der Waals surface area contributed by atoms with Crippen molar-refractivity contribution < 1.29 is 4.79 Å². The molecule has 1 aromatic carbocycles. The molecule has 0 spiro atoms. The van der Waals surface area contributed by atoms with Gasteiger partial charge < -0.3 is 15.5 Å². The van der Waals surface area contributed by atoms with Crippen LogP contribution in [-0.2, 0) is 17.9 Å². The van der Waals surface area contributed by atoms with Crippen molar-refractivity contribution in [2.75, 3.05) is 33.2 Å². The summed E-state index contributed by atoms with van der Waals surface area (Å²) >= 11 is 0. The summed E-state index contributed by atoms with van der Waals surface area (Å²) in [6.45, 7) is 10.2. The highest BCUT2D eigenvalue weighted by Gasteiger charge is 2.23. The second kappa shape index (κ2) is 12.1. The van der Waals surface area contributed by atoms with Gasteiger partial charge in [0.1, 0.15) is 0 Å². The first kappa shape index (κ1) is 23.6. The molecule has 172 valence electrons. The summed E-state index contributed by atoms with van der Waals surface area (Å²) in [5.74, 6) is 1.62. The van der Waals surface area contributed by atoms with Crippen molar-refractivity contribution in [3.63, 3.8) is 0 Å². The highest BCUT2D eigenvalue weighted by molar-refractivity contribution is 5.80. The topological polar surface area (TPSA) is 60.0 Å². The molecule has 2 heterocycles. The van der Waals surface area contributed by atoms with Crippen LogP contribution in [0.2, 0.25) is 0 Å². The fraction of sp³-hybridized carbons (Fsp3) is 0.680. The summed E-state index contributed by atoms with van der Waals surface area (Å²) < 4.78 is 0. The summed E-state index contributed by atoms with van der Waals surface area (Å²) in [5, 5.41) is 6.19. The zero-order valence-electron chi connectivity index (χ0n) is 19.7. The van der Waals surface area contributed by atoms with E-state index in [1.54, 1.807) is 7.05 Å². The Bertz CT molecular complexity index is 709. The van der Waals surface area contributed by atoms with Crippen molar-refractivity contribution in [1.29, 1.82) is 0 Å². The molecule has 2 saturated heterocycles. The van der Waals surface area contributed by atoms with Gasteiger partial charge in [-0.15, -0.1) is 0 Å². The van der Waals surface area contributed by atoms with Gasteiger partial charge in [-0.3, -0.25) is 9.69 Å². The fourth-order valence-corrected chi connectivity index (χ4v) is 4.68. The summed E-state index contributed by atoms with van der Waals surface area (Å²) in [4.78, 5) is 21.5. The Morgan fingerprint density at radius 1 is 1.06 bits per heavy atom. The van der Waals surface area contributed by atoms with E-state index in [4.69, 9.17) is 4.99 Å². The Balaban J connectivity index is 1.52. The van der Waals surface area contributed by atoms with Crippen LogP contribution in [0.25, 0.3) is 0 Å². The molecule has 0 aliphatic carbocycles. The number of amides is 1. The lowest BCUT2D eigenvalue weighted by Crippen LogP contribution is -2.46. The normalized spacial score (nSPS) is 21.2. The molecule has 2 aliphatic heterocycles. The van der Waals surface area contributed by atoms with E-state index >= 15 is 0 Å². The number of rotatable bonds is 7. The highest BCUT2D eigenvalue weighted by atomic mass is 16.1. The van der Waals surface area contributed by atoms with E-state index in [2.05, 4.69) is 58.5 Å². The van der Waals surface area contributed by atoms with E-state index in [1.165, 1.54) is 36.9 Å². The third kappa shape index (κ3) is 7.23. The van der Waals surface area contributed by atoms with Crippen LogP contribution in [0.3, 0.4) is 0 Å². The highest BCUT2D eigenvalue weighted by Crippen LogP contribution is 2.21. The number of likely N-dealkylation sites (tertiary alicyclic amines) is 2. The Labute approximate surface area is 188 Å². The van der Waals surface area contributed by atoms with Crippen molar-refractivity contribution in [2.24, 2.45) is 10.9 Å². The van der Waals surface area contributed by atoms with Crippen LogP contribution >= 0.6 is 0 Å². The van der Waals surface area contributed by atoms with E-state index in [1.807, 2.05) is 0 Å². The van der Waals surface area contributed by atoms with Crippen molar-refractivity contribution in [3.05, 3.63) is 35.4 Å². The first-order valence-electron chi connectivity index (χ1n) is 12.1. The number of hydrogen-bond donors (Lipinski definition) is 2. The van der Waals surface area contributed by atoms with E-state index in [0.717, 1.165) is 45.0 Å². The first-order valence-corrected chi connectivity index (χ1v) is 12.1. The van der Waals surface area contributed by atoms with Gasteiger partial charge in [0.15, 0.2) is 5.96 Å². The molecule has 1 amide bonds. The molecule has 0 bridgehead atoms. The lowest BCUT2D eigenvalue weighted by Gasteiger charge is -2.34. The molecule has 0 aromatic heterocycles. The zero-order valence-corrected chi connectivity index (χ0v) is 19.7. The average molecular weight is 428 g/mol. The SMILES string of the molecule is CCNC(=NCc1ccc(CN2CCCCC2C)cc1)N1CCC(CC(=O)NC)CC1. The van der Waals surface area contributed by atoms with Crippen molar-refractivity contribution >= 4 is 11.9 Å². The quantitative estimate of drug-likeness (QED) is 0.517. The molecule has 3 rings (SSSR count). The number of aliphatic imine (C=N–C) groups is 1. The Morgan fingerprint density at radius 2 is 1.77 bits per heavy atom. The van der Waals surface area contributed by atoms with Gasteiger partial charge >= 0.3 is 0 Å². The van der Waals surface area contributed by atoms with Crippen LogP contribution in [0.1, 0.15) is 63.5 Å². The van der Waals surface area contributed by atoms with Crippen LogP contribution in [0, 0.1) is 5.92 Å². The third-order valence-corrected chi connectivity index (χ3v) is 6.76. The van der Waals surface area contributed by atoms with Crippen LogP contribution in [-0.4, -0.2) is 60.9 Å². The standard InChI is InChI=1S/C25H41N5O/c1-4-27-25(29-15-12-21(13-16-29)17-24(31)26-3)28-18-22-8-10-23(11-9-22)19-30-14-6-5-7-20(30)2/h8-11,20-21H,4-7,12-19H2,1-3H3,(H,26,31)(H,27,28). The Morgan fingerprint density at radius 3 is 2.42 bits per heavy atom. The van der Waals surface area contributed by atoms with Gasteiger partial charge in [0.25, 0.3) is 0 Å². The van der Waals surface area contributed by atoms with E-state index < -0.39 is 0 Å². The molecule has 2 N–H and O–H groups in total. The minimum atomic E-state index is 0.150. The van der Waals surface area contributed by atoms with Gasteiger partial charge in [-0.25, -0.2) is 4.99 Å². The lowest BCUT2D eigenvalue weighted by atomic mass is 9.93. The minimum Gasteiger partial charge on any atom is -0.359 e. The summed E-state index contributed by atoms with van der Waals surface area (Å²) in [5.41, 5.74) is 2.65. The maximum absolute atomic E-state index is 11.6. The second-order valence-electron chi connectivity index (χ2n) is 9.11. The number of guanidine groups is 1. The number of hydrogen-bond acceptors (Lipinski definition) is 3. The molecular weight excluding hydrogens is 386 g/mol. The van der Waals surface area contributed by atoms with Crippen LogP contribution in [0.15, 0.2) is 29.3 Å². The summed E-state index contributed by atoms with van der Waals surface area (Å²) in [6, 6.07) is 9.69. The maximum Gasteiger partial charge on any atom is 0.220 e. The number of nitrogens with zero attached hydrogens (tertiary/aromatic N) is 3. The van der Waals surface area contributed by atoms with E-state index in [0.29, 0.717) is 24.9 Å². The van der Waals surface area contributed by atoms with Gasteiger partial charge in [-0.05, 0) is 63.1 Å². The zero-order chi connectivity index (χ0) is 22.1. The van der Waals surface area contributed by atoms with E-state index in [9.17, 15) is 4.79 Å². The second-order valence-corrected chi connectivity index (χ2v) is 9.11. The number of carbonyl (C=O) groups is 1. The third-order valence-electron chi connectivity index (χ3n) is 6.76. The molecule has 2 fully saturated rings. The molecule has 2 aliphatic rings. The first-order chi connectivity index (χ1) is 15.1. The molecular formula is C25H41N5O. The molecule has 31 heavy (non-hydrogen) atoms. The van der Waals surface area contributed by atoms with Gasteiger partial charge in [0.2, 0.25) is 5.91 Å². The van der Waals surface area contributed by atoms with E-state index in [-0.39, 0.29) is 5.91 Å². The number of benzene rings is 1. The van der Waals surface area contributed by atoms with Crippen molar-refractivity contribution in [1.82, 2.24) is 20.4 Å². The number of carbonyl (C=O) groups excluding carboxylic acids is 1. The Kier molecular flexibility index (Phi) is 9.19. The monoisotopic (exact) mass is 427 g/mol. The molecule has 1 atom stereocenters. The Hall–Kier alpha value is -2.08. The largest absolute Gasteiger partial charge is 0.359 e.